The van der Waals surface area contributed by atoms with Crippen LogP contribution >= 0.6 is 0 Å². The number of Topliss-reactive ketones (excluding diaryl/α,β-unsaturated/α-hetero) is 1. The molecule has 26 heavy (non-hydrogen) atoms. The Morgan fingerprint density at radius 1 is 1.19 bits per heavy atom. The van der Waals surface area contributed by atoms with E-state index in [4.69, 9.17) is 0 Å². The van der Waals surface area contributed by atoms with E-state index >= 15 is 0 Å². The van der Waals surface area contributed by atoms with E-state index in [0.717, 1.165) is 6.07 Å². The molecule has 4 nitrogen and oxygen atoms in total. The van der Waals surface area contributed by atoms with Crippen LogP contribution in [0.1, 0.15) is 46.1 Å². The lowest BCUT2D eigenvalue weighted by Gasteiger charge is -2.14. The average molecular weight is 364 g/mol. The van der Waals surface area contributed by atoms with Gasteiger partial charge in [0.15, 0.2) is 0 Å². The van der Waals surface area contributed by atoms with E-state index in [1.165, 1.54) is 31.3 Å². The first-order valence-electron chi connectivity index (χ1n) is 8.13. The Balaban J connectivity index is 2.10. The first-order chi connectivity index (χ1) is 12.2. The molecule has 1 N–H and O–H groups in total. The average Bonchev–Trinajstić information content (AvgIpc) is 2.59. The van der Waals surface area contributed by atoms with Gasteiger partial charge in [-0.25, -0.2) is 0 Å². The van der Waals surface area contributed by atoms with E-state index in [0.29, 0.717) is 23.2 Å². The minimum atomic E-state index is -4.43. The van der Waals surface area contributed by atoms with Gasteiger partial charge in [0.05, 0.1) is 5.56 Å². The Hall–Kier alpha value is -2.70. The summed E-state index contributed by atoms with van der Waals surface area (Å²) in [5, 5.41) is 2.61. The van der Waals surface area contributed by atoms with E-state index in [-0.39, 0.29) is 24.3 Å². The Kier molecular flexibility index (Phi) is 6.13. The molecule has 0 saturated carbocycles. The summed E-state index contributed by atoms with van der Waals surface area (Å²) in [6, 6.07) is 6.89. The summed E-state index contributed by atoms with van der Waals surface area (Å²) >= 11 is 0. The fourth-order valence-electron chi connectivity index (χ4n) is 2.50. The van der Waals surface area contributed by atoms with Gasteiger partial charge in [0.2, 0.25) is 0 Å². The molecule has 2 aromatic rings. The van der Waals surface area contributed by atoms with E-state index in [2.05, 4.69) is 10.3 Å². The van der Waals surface area contributed by atoms with Gasteiger partial charge in [-0.1, -0.05) is 19.1 Å². The van der Waals surface area contributed by atoms with Gasteiger partial charge in [-0.3, -0.25) is 14.6 Å². The number of nitrogens with one attached hydrogen (secondary N) is 1. The lowest BCUT2D eigenvalue weighted by atomic mass is 10.0. The highest BCUT2D eigenvalue weighted by Crippen LogP contribution is 2.32. The molecule has 0 radical (unpaired) electrons. The molecule has 0 bridgehead atoms. The Morgan fingerprint density at radius 3 is 2.58 bits per heavy atom. The van der Waals surface area contributed by atoms with Crippen LogP contribution < -0.4 is 5.32 Å². The maximum absolute atomic E-state index is 12.9. The number of benzene rings is 1. The van der Waals surface area contributed by atoms with Crippen LogP contribution in [0.3, 0.4) is 0 Å². The number of hydrogen-bond acceptors (Lipinski definition) is 3. The van der Waals surface area contributed by atoms with Gasteiger partial charge in [0.1, 0.15) is 5.78 Å². The SMILES string of the molecule is CCC(=O)Cc1cc(C(=O)NCc2cccc(C(F)(F)F)c2C)ccn1. The Morgan fingerprint density at radius 2 is 1.92 bits per heavy atom. The van der Waals surface area contributed by atoms with Crippen molar-refractivity contribution in [3.63, 3.8) is 0 Å². The summed E-state index contributed by atoms with van der Waals surface area (Å²) in [6.45, 7) is 3.10. The second-order valence-electron chi connectivity index (χ2n) is 5.87. The van der Waals surface area contributed by atoms with Crippen LogP contribution in [0.4, 0.5) is 13.2 Å². The molecule has 0 fully saturated rings. The number of ketones is 1. The molecule has 1 amide bonds. The zero-order valence-electron chi connectivity index (χ0n) is 14.5. The summed E-state index contributed by atoms with van der Waals surface area (Å²) in [5.74, 6) is -0.427. The number of pyridine rings is 1. The van der Waals surface area contributed by atoms with E-state index in [1.54, 1.807) is 13.0 Å². The predicted molar refractivity (Wildman–Crippen MR) is 90.6 cm³/mol. The molecule has 0 spiro atoms. The van der Waals surface area contributed by atoms with Crippen LogP contribution in [0.25, 0.3) is 0 Å². The molecule has 0 unspecified atom stereocenters. The van der Waals surface area contributed by atoms with Gasteiger partial charge in [-0.2, -0.15) is 13.2 Å². The molecule has 2 rings (SSSR count). The number of amides is 1. The summed E-state index contributed by atoms with van der Waals surface area (Å²) < 4.78 is 38.8. The highest BCUT2D eigenvalue weighted by Gasteiger charge is 2.32. The molecule has 0 atom stereocenters. The molecule has 0 aliphatic rings. The van der Waals surface area contributed by atoms with Gasteiger partial charge in [0, 0.05) is 36.8 Å². The van der Waals surface area contributed by atoms with Crippen LogP contribution in [0.2, 0.25) is 0 Å². The molecular formula is C19H19F3N2O2. The zero-order valence-corrected chi connectivity index (χ0v) is 14.5. The molecule has 1 aromatic heterocycles. The van der Waals surface area contributed by atoms with Gasteiger partial charge >= 0.3 is 6.18 Å². The third-order valence-corrected chi connectivity index (χ3v) is 4.04. The van der Waals surface area contributed by atoms with E-state index in [9.17, 15) is 22.8 Å². The number of aromatic nitrogens is 1. The van der Waals surface area contributed by atoms with Gasteiger partial charge in [-0.05, 0) is 36.2 Å². The van der Waals surface area contributed by atoms with Crippen molar-refractivity contribution >= 4 is 11.7 Å². The number of alkyl halides is 3. The number of nitrogens with zero attached hydrogens (tertiary/aromatic N) is 1. The Labute approximate surface area is 149 Å². The van der Waals surface area contributed by atoms with E-state index in [1.807, 2.05) is 0 Å². The topological polar surface area (TPSA) is 59.1 Å². The third kappa shape index (κ3) is 4.91. The van der Waals surface area contributed by atoms with Crippen molar-refractivity contribution in [2.45, 2.75) is 39.4 Å². The second kappa shape index (κ2) is 8.12. The number of hydrogen-bond donors (Lipinski definition) is 1. The van der Waals surface area contributed by atoms with Crippen molar-refractivity contribution in [2.24, 2.45) is 0 Å². The van der Waals surface area contributed by atoms with Crippen LogP contribution in [-0.4, -0.2) is 16.7 Å². The molecular weight excluding hydrogens is 345 g/mol. The van der Waals surface area contributed by atoms with Crippen LogP contribution in [-0.2, 0) is 23.9 Å². The van der Waals surface area contributed by atoms with Crippen LogP contribution in [0, 0.1) is 6.92 Å². The van der Waals surface area contributed by atoms with Crippen molar-refractivity contribution < 1.29 is 22.8 Å². The minimum Gasteiger partial charge on any atom is -0.348 e. The first-order valence-corrected chi connectivity index (χ1v) is 8.13. The summed E-state index contributed by atoms with van der Waals surface area (Å²) in [4.78, 5) is 27.8. The number of carbonyl (C=O) groups excluding carboxylic acids is 2. The monoisotopic (exact) mass is 364 g/mol. The van der Waals surface area contributed by atoms with Gasteiger partial charge in [0.25, 0.3) is 5.91 Å². The smallest absolute Gasteiger partial charge is 0.348 e. The van der Waals surface area contributed by atoms with Crippen molar-refractivity contribution in [1.82, 2.24) is 10.3 Å². The van der Waals surface area contributed by atoms with Crippen LogP contribution in [0.5, 0.6) is 0 Å². The maximum Gasteiger partial charge on any atom is 0.416 e. The number of carbonyl (C=O) groups is 2. The normalized spacial score (nSPS) is 11.3. The molecule has 0 saturated heterocycles. The van der Waals surface area contributed by atoms with Crippen molar-refractivity contribution in [1.29, 1.82) is 0 Å². The molecule has 1 heterocycles. The molecule has 0 aliphatic heterocycles. The summed E-state index contributed by atoms with van der Waals surface area (Å²) in [5.41, 5.74) is 0.560. The lowest BCUT2D eigenvalue weighted by Crippen LogP contribution is -2.24. The highest BCUT2D eigenvalue weighted by molar-refractivity contribution is 5.94. The molecule has 0 aliphatic carbocycles. The fourth-order valence-corrected chi connectivity index (χ4v) is 2.50. The fraction of sp³-hybridized carbons (Fsp3) is 0.316. The summed E-state index contributed by atoms with van der Waals surface area (Å²) in [7, 11) is 0. The molecule has 7 heteroatoms. The van der Waals surface area contributed by atoms with Crippen molar-refractivity contribution in [2.75, 3.05) is 0 Å². The third-order valence-electron chi connectivity index (χ3n) is 4.04. The molecule has 138 valence electrons. The highest BCUT2D eigenvalue weighted by atomic mass is 19.4. The predicted octanol–water partition coefficient (Wildman–Crippen LogP) is 3.86. The standard InChI is InChI=1S/C19H19F3N2O2/c1-3-16(25)10-15-9-13(7-8-23-15)18(26)24-11-14-5-4-6-17(12(14)2)19(20,21)22/h4-9H,3,10-11H2,1-2H3,(H,24,26). The number of rotatable bonds is 6. The quantitative estimate of drug-likeness (QED) is 0.847. The maximum atomic E-state index is 12.9. The van der Waals surface area contributed by atoms with Gasteiger partial charge < -0.3 is 5.32 Å². The Bertz CT molecular complexity index is 817. The van der Waals surface area contributed by atoms with Crippen molar-refractivity contribution in [3.8, 4) is 0 Å². The lowest BCUT2D eigenvalue weighted by molar-refractivity contribution is -0.138. The van der Waals surface area contributed by atoms with Crippen molar-refractivity contribution in [3.05, 3.63) is 64.5 Å². The number of halogens is 3. The largest absolute Gasteiger partial charge is 0.416 e. The van der Waals surface area contributed by atoms with E-state index < -0.39 is 17.6 Å². The first kappa shape index (κ1) is 19.6. The molecule has 1 aromatic carbocycles. The van der Waals surface area contributed by atoms with Crippen LogP contribution in [0.15, 0.2) is 36.5 Å². The summed E-state index contributed by atoms with van der Waals surface area (Å²) in [6.07, 6.45) is -2.48. The minimum absolute atomic E-state index is 0.00893. The zero-order chi connectivity index (χ0) is 19.3. The van der Waals surface area contributed by atoms with Gasteiger partial charge in [-0.15, -0.1) is 0 Å². The second-order valence-corrected chi connectivity index (χ2v) is 5.87.